The first-order chi connectivity index (χ1) is 14.7. The zero-order valence-corrected chi connectivity index (χ0v) is 17.9. The molecule has 1 fully saturated rings. The first-order valence-electron chi connectivity index (χ1n) is 10.2. The highest BCUT2D eigenvalue weighted by atomic mass is 32.2. The van der Waals surface area contributed by atoms with E-state index in [9.17, 15) is 4.79 Å². The number of rotatable bonds is 10. The van der Waals surface area contributed by atoms with E-state index in [4.69, 9.17) is 4.74 Å². The lowest BCUT2D eigenvalue weighted by molar-refractivity contribution is -0.118. The molecule has 1 N–H and O–H groups in total. The molecule has 1 saturated carbocycles. The molecule has 4 rings (SSSR count). The monoisotopic (exact) mass is 422 g/mol. The van der Waals surface area contributed by atoms with Gasteiger partial charge in [-0.25, -0.2) is 0 Å². The van der Waals surface area contributed by atoms with Crippen molar-refractivity contribution in [1.82, 2.24) is 20.1 Å². The van der Waals surface area contributed by atoms with E-state index in [0.717, 1.165) is 28.8 Å². The van der Waals surface area contributed by atoms with E-state index >= 15 is 0 Å². The fourth-order valence-corrected chi connectivity index (χ4v) is 3.99. The molecule has 1 aromatic heterocycles. The Hall–Kier alpha value is -2.80. The Morgan fingerprint density at radius 1 is 1.17 bits per heavy atom. The summed E-state index contributed by atoms with van der Waals surface area (Å²) in [7, 11) is 0. The van der Waals surface area contributed by atoms with Gasteiger partial charge < -0.3 is 14.6 Å². The molecule has 0 spiro atoms. The molecular formula is C23H26N4O2S. The van der Waals surface area contributed by atoms with Gasteiger partial charge in [0.2, 0.25) is 5.91 Å². The molecule has 30 heavy (non-hydrogen) atoms. The standard InChI is InChI=1S/C23H26N4O2S/c1-17-6-5-9-20(14-17)29-13-12-24-21(28)16-30-23-26-25-22(19-10-11-19)27(23)15-18-7-3-2-4-8-18/h2-9,14,19H,10-13,15-16H2,1H3,(H,24,28). The van der Waals surface area contributed by atoms with Crippen LogP contribution >= 0.6 is 11.8 Å². The van der Waals surface area contributed by atoms with E-state index in [1.807, 2.05) is 49.4 Å². The average molecular weight is 423 g/mol. The van der Waals surface area contributed by atoms with Crippen LogP contribution in [0.2, 0.25) is 0 Å². The van der Waals surface area contributed by atoms with Gasteiger partial charge in [-0.2, -0.15) is 0 Å². The van der Waals surface area contributed by atoms with Crippen molar-refractivity contribution < 1.29 is 9.53 Å². The van der Waals surface area contributed by atoms with Crippen molar-refractivity contribution >= 4 is 17.7 Å². The first-order valence-corrected chi connectivity index (χ1v) is 11.2. The third kappa shape index (κ3) is 5.63. The third-order valence-electron chi connectivity index (χ3n) is 4.89. The number of hydrogen-bond acceptors (Lipinski definition) is 5. The summed E-state index contributed by atoms with van der Waals surface area (Å²) in [5, 5.41) is 12.5. The molecule has 1 heterocycles. The fourth-order valence-electron chi connectivity index (χ4n) is 3.21. The Labute approximate surface area is 181 Å². The number of ether oxygens (including phenoxy) is 1. The van der Waals surface area contributed by atoms with Crippen molar-refractivity contribution in [2.75, 3.05) is 18.9 Å². The van der Waals surface area contributed by atoms with Gasteiger partial charge in [-0.15, -0.1) is 10.2 Å². The molecule has 2 aromatic carbocycles. The van der Waals surface area contributed by atoms with Crippen LogP contribution in [-0.2, 0) is 11.3 Å². The van der Waals surface area contributed by atoms with Crippen molar-refractivity contribution in [3.63, 3.8) is 0 Å². The van der Waals surface area contributed by atoms with Crippen LogP contribution in [0.1, 0.15) is 35.7 Å². The van der Waals surface area contributed by atoms with Crippen LogP contribution in [0, 0.1) is 6.92 Å². The largest absolute Gasteiger partial charge is 0.492 e. The second-order valence-electron chi connectivity index (χ2n) is 7.49. The van der Waals surface area contributed by atoms with Gasteiger partial charge in [-0.1, -0.05) is 54.2 Å². The van der Waals surface area contributed by atoms with E-state index < -0.39 is 0 Å². The molecule has 0 bridgehead atoms. The quantitative estimate of drug-likeness (QED) is 0.398. The number of aryl methyl sites for hydroxylation is 1. The minimum Gasteiger partial charge on any atom is -0.492 e. The molecule has 1 amide bonds. The van der Waals surface area contributed by atoms with Crippen LogP contribution in [0.3, 0.4) is 0 Å². The lowest BCUT2D eigenvalue weighted by atomic mass is 10.2. The van der Waals surface area contributed by atoms with Crippen LogP contribution in [-0.4, -0.2) is 39.6 Å². The molecule has 0 unspecified atom stereocenters. The van der Waals surface area contributed by atoms with Crippen LogP contribution in [0.4, 0.5) is 0 Å². The van der Waals surface area contributed by atoms with Gasteiger partial charge in [0.25, 0.3) is 0 Å². The number of nitrogens with zero attached hydrogens (tertiary/aromatic N) is 3. The third-order valence-corrected chi connectivity index (χ3v) is 5.85. The molecule has 0 atom stereocenters. The van der Waals surface area contributed by atoms with Crippen molar-refractivity contribution in [1.29, 1.82) is 0 Å². The van der Waals surface area contributed by atoms with E-state index in [2.05, 4.69) is 32.2 Å². The summed E-state index contributed by atoms with van der Waals surface area (Å²) in [6, 6.07) is 18.2. The van der Waals surface area contributed by atoms with Crippen LogP contribution in [0.15, 0.2) is 59.8 Å². The average Bonchev–Trinajstić information content (AvgIpc) is 3.52. The minimum atomic E-state index is -0.0323. The van der Waals surface area contributed by atoms with Gasteiger partial charge in [-0.3, -0.25) is 4.79 Å². The van der Waals surface area contributed by atoms with Crippen molar-refractivity contribution in [2.45, 2.75) is 37.4 Å². The molecule has 1 aliphatic rings. The van der Waals surface area contributed by atoms with Gasteiger partial charge in [0, 0.05) is 5.92 Å². The highest BCUT2D eigenvalue weighted by Gasteiger charge is 2.30. The van der Waals surface area contributed by atoms with Crippen molar-refractivity contribution in [3.8, 4) is 5.75 Å². The van der Waals surface area contributed by atoms with Crippen molar-refractivity contribution in [3.05, 3.63) is 71.5 Å². The number of benzene rings is 2. The number of hydrogen-bond donors (Lipinski definition) is 1. The summed E-state index contributed by atoms with van der Waals surface area (Å²) in [6.07, 6.45) is 2.33. The Morgan fingerprint density at radius 2 is 2.00 bits per heavy atom. The van der Waals surface area contributed by atoms with Gasteiger partial charge >= 0.3 is 0 Å². The smallest absolute Gasteiger partial charge is 0.230 e. The van der Waals surface area contributed by atoms with Crippen LogP contribution in [0.5, 0.6) is 5.75 Å². The summed E-state index contributed by atoms with van der Waals surface area (Å²) in [4.78, 5) is 12.3. The highest BCUT2D eigenvalue weighted by molar-refractivity contribution is 7.99. The minimum absolute atomic E-state index is 0.0323. The normalized spacial score (nSPS) is 13.2. The molecule has 156 valence electrons. The fraction of sp³-hybridized carbons (Fsp3) is 0.348. The van der Waals surface area contributed by atoms with E-state index in [-0.39, 0.29) is 5.91 Å². The number of carbonyl (C=O) groups excluding carboxylic acids is 1. The molecule has 3 aromatic rings. The zero-order valence-electron chi connectivity index (χ0n) is 17.1. The summed E-state index contributed by atoms with van der Waals surface area (Å²) in [6.45, 7) is 3.66. The molecule has 1 aliphatic carbocycles. The van der Waals surface area contributed by atoms with Crippen molar-refractivity contribution in [2.24, 2.45) is 0 Å². The van der Waals surface area contributed by atoms with Gasteiger partial charge in [0.05, 0.1) is 18.8 Å². The molecule has 0 aliphatic heterocycles. The number of carbonyl (C=O) groups is 1. The highest BCUT2D eigenvalue weighted by Crippen LogP contribution is 2.40. The SMILES string of the molecule is Cc1cccc(OCCNC(=O)CSc2nnc(C3CC3)n2Cc2ccccc2)c1. The Balaban J connectivity index is 1.27. The Morgan fingerprint density at radius 3 is 2.77 bits per heavy atom. The Bertz CT molecular complexity index is 986. The second-order valence-corrected chi connectivity index (χ2v) is 8.43. The number of amides is 1. The lowest BCUT2D eigenvalue weighted by Gasteiger charge is -2.10. The predicted molar refractivity (Wildman–Crippen MR) is 118 cm³/mol. The van der Waals surface area contributed by atoms with E-state index in [1.165, 1.54) is 30.2 Å². The maximum absolute atomic E-state index is 12.3. The first kappa shape index (κ1) is 20.5. The summed E-state index contributed by atoms with van der Waals surface area (Å²) >= 11 is 1.43. The summed E-state index contributed by atoms with van der Waals surface area (Å²) in [5.41, 5.74) is 2.36. The van der Waals surface area contributed by atoms with Crippen LogP contribution < -0.4 is 10.1 Å². The topological polar surface area (TPSA) is 69.0 Å². The van der Waals surface area contributed by atoms with Crippen LogP contribution in [0.25, 0.3) is 0 Å². The van der Waals surface area contributed by atoms with Gasteiger partial charge in [0.15, 0.2) is 5.16 Å². The molecule has 0 saturated heterocycles. The number of thioether (sulfide) groups is 1. The Kier molecular flexibility index (Phi) is 6.69. The van der Waals surface area contributed by atoms with Gasteiger partial charge in [-0.05, 0) is 43.0 Å². The summed E-state index contributed by atoms with van der Waals surface area (Å²) < 4.78 is 7.83. The number of nitrogens with one attached hydrogen (secondary N) is 1. The van der Waals surface area contributed by atoms with E-state index in [1.54, 1.807) is 0 Å². The predicted octanol–water partition coefficient (Wildman–Crippen LogP) is 3.80. The molecular weight excluding hydrogens is 396 g/mol. The number of aromatic nitrogens is 3. The summed E-state index contributed by atoms with van der Waals surface area (Å²) in [5.74, 6) is 2.63. The maximum Gasteiger partial charge on any atom is 0.230 e. The molecule has 6 nitrogen and oxygen atoms in total. The molecule has 0 radical (unpaired) electrons. The van der Waals surface area contributed by atoms with Gasteiger partial charge in [0.1, 0.15) is 18.2 Å². The maximum atomic E-state index is 12.3. The molecule has 7 heteroatoms. The second kappa shape index (κ2) is 9.80. The van der Waals surface area contributed by atoms with E-state index in [0.29, 0.717) is 24.8 Å². The zero-order chi connectivity index (χ0) is 20.8. The lowest BCUT2D eigenvalue weighted by Crippen LogP contribution is -2.29.